The van der Waals surface area contributed by atoms with Gasteiger partial charge in [-0.2, -0.15) is 5.10 Å². The van der Waals surface area contributed by atoms with E-state index in [-0.39, 0.29) is 5.78 Å². The zero-order valence-corrected chi connectivity index (χ0v) is 12.3. The maximum atomic E-state index is 11.8. The van der Waals surface area contributed by atoms with Crippen molar-refractivity contribution < 1.29 is 4.79 Å². The average molecular weight is 302 g/mol. The Morgan fingerprint density at radius 1 is 1.47 bits per heavy atom. The summed E-state index contributed by atoms with van der Waals surface area (Å²) in [7, 11) is 1.88. The van der Waals surface area contributed by atoms with Crippen molar-refractivity contribution in [2.45, 2.75) is 33.1 Å². The summed E-state index contributed by atoms with van der Waals surface area (Å²) in [6, 6.07) is 0. The zero-order chi connectivity index (χ0) is 12.8. The minimum absolute atomic E-state index is 0.199. The van der Waals surface area contributed by atoms with Crippen LogP contribution in [0.25, 0.3) is 0 Å². The number of aromatic nitrogens is 2. The van der Waals surface area contributed by atoms with Gasteiger partial charge in [-0.3, -0.25) is 9.48 Å². The third kappa shape index (κ3) is 3.92. The predicted octanol–water partition coefficient (Wildman–Crippen LogP) is 1.86. The summed E-state index contributed by atoms with van der Waals surface area (Å²) in [6.07, 6.45) is 2.35. The first kappa shape index (κ1) is 14.4. The average Bonchev–Trinajstić information content (AvgIpc) is 2.57. The summed E-state index contributed by atoms with van der Waals surface area (Å²) in [6.45, 7) is 5.47. The number of carbonyl (C=O) groups excluding carboxylic acids is 1. The molecule has 0 aliphatic carbocycles. The van der Waals surface area contributed by atoms with Crippen molar-refractivity contribution >= 4 is 21.7 Å². The highest BCUT2D eigenvalue weighted by Gasteiger charge is 2.15. The number of ketones is 1. The molecule has 96 valence electrons. The summed E-state index contributed by atoms with van der Waals surface area (Å²) in [5.41, 5.74) is 1.97. The molecule has 0 saturated heterocycles. The number of rotatable bonds is 7. The Morgan fingerprint density at radius 3 is 2.71 bits per heavy atom. The van der Waals surface area contributed by atoms with Crippen LogP contribution < -0.4 is 5.32 Å². The third-order valence-corrected chi connectivity index (χ3v) is 3.53. The fraction of sp³-hybridized carbons (Fsp3) is 0.667. The first-order chi connectivity index (χ1) is 8.10. The number of Topliss-reactive ketones (excluding diaryl/α,β-unsaturated/α-hetero) is 1. The Bertz CT molecular complexity index is 387. The number of aryl methyl sites for hydroxylation is 2. The highest BCUT2D eigenvalue weighted by atomic mass is 79.9. The second kappa shape index (κ2) is 6.91. The summed E-state index contributed by atoms with van der Waals surface area (Å²) < 4.78 is 2.77. The first-order valence-corrected chi connectivity index (χ1v) is 6.82. The van der Waals surface area contributed by atoms with E-state index in [0.29, 0.717) is 13.0 Å². The van der Waals surface area contributed by atoms with Crippen LogP contribution in [0.15, 0.2) is 4.47 Å². The van der Waals surface area contributed by atoms with Gasteiger partial charge in [-0.05, 0) is 35.3 Å². The maximum Gasteiger partial charge on any atom is 0.152 e. The Morgan fingerprint density at radius 2 is 2.18 bits per heavy atom. The SMILES string of the molecule is CCCNCC(=O)Cc1c(Br)c(CC)nn1C. The Hall–Kier alpha value is -0.680. The van der Waals surface area contributed by atoms with Gasteiger partial charge in [0.2, 0.25) is 0 Å². The molecule has 17 heavy (non-hydrogen) atoms. The van der Waals surface area contributed by atoms with E-state index in [1.54, 1.807) is 4.68 Å². The fourth-order valence-corrected chi connectivity index (χ4v) is 2.42. The lowest BCUT2D eigenvalue weighted by molar-refractivity contribution is -0.117. The molecule has 5 heteroatoms. The molecule has 0 aromatic carbocycles. The van der Waals surface area contributed by atoms with E-state index in [0.717, 1.165) is 35.2 Å². The van der Waals surface area contributed by atoms with Gasteiger partial charge >= 0.3 is 0 Å². The molecular formula is C12H20BrN3O. The second-order valence-electron chi connectivity index (χ2n) is 4.08. The molecule has 1 heterocycles. The highest BCUT2D eigenvalue weighted by molar-refractivity contribution is 9.10. The van der Waals surface area contributed by atoms with E-state index in [4.69, 9.17) is 0 Å². The van der Waals surface area contributed by atoms with Crippen LogP contribution in [-0.2, 0) is 24.7 Å². The van der Waals surface area contributed by atoms with E-state index in [1.807, 2.05) is 7.05 Å². The van der Waals surface area contributed by atoms with E-state index in [2.05, 4.69) is 40.2 Å². The van der Waals surface area contributed by atoms with E-state index in [1.165, 1.54) is 0 Å². The molecule has 0 aliphatic rings. The van der Waals surface area contributed by atoms with E-state index < -0.39 is 0 Å². The molecule has 0 spiro atoms. The predicted molar refractivity (Wildman–Crippen MR) is 72.2 cm³/mol. The van der Waals surface area contributed by atoms with Crippen molar-refractivity contribution in [1.82, 2.24) is 15.1 Å². The van der Waals surface area contributed by atoms with Gasteiger partial charge in [-0.25, -0.2) is 0 Å². The van der Waals surface area contributed by atoms with Gasteiger partial charge in [0, 0.05) is 7.05 Å². The van der Waals surface area contributed by atoms with Crippen molar-refractivity contribution in [2.24, 2.45) is 7.05 Å². The molecule has 4 nitrogen and oxygen atoms in total. The van der Waals surface area contributed by atoms with Crippen LogP contribution in [0.1, 0.15) is 31.7 Å². The minimum atomic E-state index is 0.199. The van der Waals surface area contributed by atoms with Crippen LogP contribution in [0.3, 0.4) is 0 Å². The lowest BCUT2D eigenvalue weighted by Gasteiger charge is -2.04. The molecule has 1 aromatic rings. The maximum absolute atomic E-state index is 11.8. The molecule has 1 N–H and O–H groups in total. The normalized spacial score (nSPS) is 10.8. The number of carbonyl (C=O) groups is 1. The number of halogens is 1. The van der Waals surface area contributed by atoms with Crippen molar-refractivity contribution in [3.05, 3.63) is 15.9 Å². The lowest BCUT2D eigenvalue weighted by Crippen LogP contribution is -2.25. The molecule has 0 fully saturated rings. The van der Waals surface area contributed by atoms with Gasteiger partial charge in [0.15, 0.2) is 5.78 Å². The van der Waals surface area contributed by atoms with E-state index in [9.17, 15) is 4.79 Å². The molecule has 1 aromatic heterocycles. The highest BCUT2D eigenvalue weighted by Crippen LogP contribution is 2.21. The second-order valence-corrected chi connectivity index (χ2v) is 4.87. The van der Waals surface area contributed by atoms with Gasteiger partial charge in [0.05, 0.1) is 28.8 Å². The smallest absolute Gasteiger partial charge is 0.152 e. The van der Waals surface area contributed by atoms with Crippen molar-refractivity contribution in [1.29, 1.82) is 0 Å². The number of nitrogens with zero attached hydrogens (tertiary/aromatic N) is 2. The third-order valence-electron chi connectivity index (χ3n) is 2.62. The number of nitrogens with one attached hydrogen (secondary N) is 1. The quantitative estimate of drug-likeness (QED) is 0.782. The molecule has 0 saturated carbocycles. The van der Waals surface area contributed by atoms with Crippen molar-refractivity contribution in [2.75, 3.05) is 13.1 Å². The van der Waals surface area contributed by atoms with Crippen LogP contribution in [0, 0.1) is 0 Å². The Kier molecular flexibility index (Phi) is 5.85. The Balaban J connectivity index is 2.62. The number of hydrogen-bond donors (Lipinski definition) is 1. The van der Waals surface area contributed by atoms with Crippen molar-refractivity contribution in [3.63, 3.8) is 0 Å². The minimum Gasteiger partial charge on any atom is -0.310 e. The summed E-state index contributed by atoms with van der Waals surface area (Å²) in [5, 5.41) is 7.50. The standard InChI is InChI=1S/C12H20BrN3O/c1-4-6-14-8-9(17)7-11-12(13)10(5-2)15-16(11)3/h14H,4-8H2,1-3H3. The molecule has 0 atom stereocenters. The van der Waals surface area contributed by atoms with Crippen LogP contribution in [0.2, 0.25) is 0 Å². The fourth-order valence-electron chi connectivity index (χ4n) is 1.67. The molecule has 1 rings (SSSR count). The van der Waals surface area contributed by atoms with Crippen LogP contribution in [-0.4, -0.2) is 28.7 Å². The number of hydrogen-bond acceptors (Lipinski definition) is 3. The molecule has 0 radical (unpaired) electrons. The topological polar surface area (TPSA) is 46.9 Å². The summed E-state index contributed by atoms with van der Waals surface area (Å²) >= 11 is 3.52. The van der Waals surface area contributed by atoms with Gasteiger partial charge in [-0.15, -0.1) is 0 Å². The summed E-state index contributed by atoms with van der Waals surface area (Å²) in [4.78, 5) is 11.8. The van der Waals surface area contributed by atoms with E-state index >= 15 is 0 Å². The molecule has 0 unspecified atom stereocenters. The van der Waals surface area contributed by atoms with Gasteiger partial charge < -0.3 is 5.32 Å². The van der Waals surface area contributed by atoms with Gasteiger partial charge in [0.25, 0.3) is 0 Å². The molecule has 0 bridgehead atoms. The van der Waals surface area contributed by atoms with Gasteiger partial charge in [0.1, 0.15) is 0 Å². The first-order valence-electron chi connectivity index (χ1n) is 6.02. The molecule has 0 aliphatic heterocycles. The van der Waals surface area contributed by atoms with Crippen LogP contribution >= 0.6 is 15.9 Å². The largest absolute Gasteiger partial charge is 0.310 e. The van der Waals surface area contributed by atoms with Crippen LogP contribution in [0.5, 0.6) is 0 Å². The zero-order valence-electron chi connectivity index (χ0n) is 10.7. The summed E-state index contributed by atoms with van der Waals surface area (Å²) in [5.74, 6) is 0.199. The lowest BCUT2D eigenvalue weighted by atomic mass is 10.2. The Labute approximate surface area is 111 Å². The van der Waals surface area contributed by atoms with Crippen LogP contribution in [0.4, 0.5) is 0 Å². The monoisotopic (exact) mass is 301 g/mol. The molecular weight excluding hydrogens is 282 g/mol. The molecule has 0 amide bonds. The van der Waals surface area contributed by atoms with Crippen molar-refractivity contribution in [3.8, 4) is 0 Å². The van der Waals surface area contributed by atoms with Gasteiger partial charge in [-0.1, -0.05) is 13.8 Å².